The lowest BCUT2D eigenvalue weighted by Crippen LogP contribution is -2.55. The molecule has 0 atom stereocenters. The number of hydrogen-bond acceptors (Lipinski definition) is 6. The summed E-state index contributed by atoms with van der Waals surface area (Å²) < 4.78 is 5.38. The molecule has 0 aliphatic carbocycles. The van der Waals surface area contributed by atoms with E-state index < -0.39 is 10.5 Å². The van der Waals surface area contributed by atoms with Gasteiger partial charge in [-0.05, 0) is 19.9 Å². The second-order valence-corrected chi connectivity index (χ2v) is 5.45. The summed E-state index contributed by atoms with van der Waals surface area (Å²) in [5, 5.41) is 10.9. The first-order chi connectivity index (χ1) is 9.86. The van der Waals surface area contributed by atoms with Gasteiger partial charge >= 0.3 is 0 Å². The fourth-order valence-electron chi connectivity index (χ4n) is 2.33. The standard InChI is InChI=1S/C13H18N4O4/c1-13(2)8-21-6-5-16(13)12(18)10-7-9(17(19)20)3-4-11(10)15-14/h3-4,7,15H,5-6,8,14H2,1-2H3. The van der Waals surface area contributed by atoms with Crippen LogP contribution in [0.5, 0.6) is 0 Å². The summed E-state index contributed by atoms with van der Waals surface area (Å²) in [5.41, 5.74) is 2.31. The van der Waals surface area contributed by atoms with Gasteiger partial charge in [0.1, 0.15) is 0 Å². The highest BCUT2D eigenvalue weighted by atomic mass is 16.6. The van der Waals surface area contributed by atoms with Crippen LogP contribution in [0.2, 0.25) is 0 Å². The number of non-ortho nitro benzene ring substituents is 1. The van der Waals surface area contributed by atoms with E-state index in [1.807, 2.05) is 13.8 Å². The number of hydrazine groups is 1. The number of nitrogens with two attached hydrogens (primary N) is 1. The summed E-state index contributed by atoms with van der Waals surface area (Å²) in [6.07, 6.45) is 0. The van der Waals surface area contributed by atoms with Crippen LogP contribution in [0.25, 0.3) is 0 Å². The van der Waals surface area contributed by atoms with E-state index in [0.717, 1.165) is 0 Å². The van der Waals surface area contributed by atoms with E-state index in [0.29, 0.717) is 25.4 Å². The number of carbonyl (C=O) groups is 1. The van der Waals surface area contributed by atoms with Crippen LogP contribution in [-0.2, 0) is 4.74 Å². The van der Waals surface area contributed by atoms with Gasteiger partial charge in [0.25, 0.3) is 11.6 Å². The number of nitrogens with zero attached hydrogens (tertiary/aromatic N) is 2. The van der Waals surface area contributed by atoms with Gasteiger partial charge in [-0.15, -0.1) is 0 Å². The molecular formula is C13H18N4O4. The highest BCUT2D eigenvalue weighted by Gasteiger charge is 2.35. The third-order valence-electron chi connectivity index (χ3n) is 3.49. The van der Waals surface area contributed by atoms with Crippen molar-refractivity contribution in [2.24, 2.45) is 5.84 Å². The number of rotatable bonds is 3. The molecule has 1 aliphatic heterocycles. The van der Waals surface area contributed by atoms with E-state index in [1.54, 1.807) is 4.90 Å². The Kier molecular flexibility index (Phi) is 4.10. The Labute approximate surface area is 122 Å². The van der Waals surface area contributed by atoms with Crippen molar-refractivity contribution in [1.29, 1.82) is 0 Å². The normalized spacial score (nSPS) is 17.4. The number of nitro groups is 1. The Bertz CT molecular complexity index is 573. The lowest BCUT2D eigenvalue weighted by molar-refractivity contribution is -0.384. The fraction of sp³-hybridized carbons (Fsp3) is 0.462. The van der Waals surface area contributed by atoms with Gasteiger partial charge in [0, 0.05) is 18.7 Å². The number of amides is 1. The molecule has 3 N–H and O–H groups in total. The molecule has 1 aromatic rings. The van der Waals surface area contributed by atoms with Gasteiger partial charge in [0.2, 0.25) is 0 Å². The zero-order valence-corrected chi connectivity index (χ0v) is 12.0. The van der Waals surface area contributed by atoms with Gasteiger partial charge in [-0.3, -0.25) is 20.8 Å². The van der Waals surface area contributed by atoms with Crippen LogP contribution in [0.4, 0.5) is 11.4 Å². The Balaban J connectivity index is 2.41. The predicted octanol–water partition coefficient (Wildman–Crippen LogP) is 1.13. The zero-order valence-electron chi connectivity index (χ0n) is 12.0. The number of benzene rings is 1. The number of hydrogen-bond donors (Lipinski definition) is 2. The summed E-state index contributed by atoms with van der Waals surface area (Å²) in [4.78, 5) is 24.7. The van der Waals surface area contributed by atoms with Crippen molar-refractivity contribution in [3.05, 3.63) is 33.9 Å². The molecule has 1 saturated heterocycles. The molecule has 1 aliphatic rings. The Morgan fingerprint density at radius 3 is 2.81 bits per heavy atom. The van der Waals surface area contributed by atoms with Gasteiger partial charge in [0.05, 0.1) is 34.9 Å². The molecular weight excluding hydrogens is 276 g/mol. The molecule has 0 radical (unpaired) electrons. The van der Waals surface area contributed by atoms with Crippen molar-refractivity contribution < 1.29 is 14.5 Å². The van der Waals surface area contributed by atoms with Gasteiger partial charge in [0.15, 0.2) is 0 Å². The van der Waals surface area contributed by atoms with E-state index in [-0.39, 0.29) is 17.2 Å². The molecule has 1 aromatic carbocycles. The van der Waals surface area contributed by atoms with Crippen molar-refractivity contribution in [1.82, 2.24) is 4.90 Å². The third-order valence-corrected chi connectivity index (χ3v) is 3.49. The molecule has 1 fully saturated rings. The van der Waals surface area contributed by atoms with Gasteiger partial charge in [-0.2, -0.15) is 0 Å². The summed E-state index contributed by atoms with van der Waals surface area (Å²) >= 11 is 0. The van der Waals surface area contributed by atoms with Crippen molar-refractivity contribution in [2.75, 3.05) is 25.2 Å². The minimum Gasteiger partial charge on any atom is -0.377 e. The van der Waals surface area contributed by atoms with E-state index in [4.69, 9.17) is 10.6 Å². The van der Waals surface area contributed by atoms with Gasteiger partial charge < -0.3 is 15.1 Å². The average molecular weight is 294 g/mol. The average Bonchev–Trinajstić information content (AvgIpc) is 2.45. The fourth-order valence-corrected chi connectivity index (χ4v) is 2.33. The maximum atomic E-state index is 12.7. The molecule has 0 unspecified atom stereocenters. The van der Waals surface area contributed by atoms with Crippen molar-refractivity contribution in [3.8, 4) is 0 Å². The van der Waals surface area contributed by atoms with Crippen molar-refractivity contribution >= 4 is 17.3 Å². The van der Waals surface area contributed by atoms with Crippen LogP contribution in [0.3, 0.4) is 0 Å². The summed E-state index contributed by atoms with van der Waals surface area (Å²) in [7, 11) is 0. The molecule has 1 amide bonds. The molecule has 0 saturated carbocycles. The van der Waals surface area contributed by atoms with Crippen molar-refractivity contribution in [2.45, 2.75) is 19.4 Å². The molecule has 0 bridgehead atoms. The Morgan fingerprint density at radius 2 is 2.24 bits per heavy atom. The Hall–Kier alpha value is -2.19. The highest BCUT2D eigenvalue weighted by molar-refractivity contribution is 6.00. The second-order valence-electron chi connectivity index (χ2n) is 5.45. The maximum Gasteiger partial charge on any atom is 0.270 e. The van der Waals surface area contributed by atoms with Crippen LogP contribution in [0.15, 0.2) is 18.2 Å². The van der Waals surface area contributed by atoms with E-state index in [9.17, 15) is 14.9 Å². The summed E-state index contributed by atoms with van der Waals surface area (Å²) in [6, 6.07) is 3.97. The van der Waals surface area contributed by atoms with Crippen LogP contribution in [0.1, 0.15) is 24.2 Å². The van der Waals surface area contributed by atoms with Crippen LogP contribution >= 0.6 is 0 Å². The highest BCUT2D eigenvalue weighted by Crippen LogP contribution is 2.27. The SMILES string of the molecule is CC1(C)COCCN1C(=O)c1cc([N+](=O)[O-])ccc1NN. The largest absolute Gasteiger partial charge is 0.377 e. The van der Waals surface area contributed by atoms with Gasteiger partial charge in [-0.1, -0.05) is 0 Å². The first-order valence-electron chi connectivity index (χ1n) is 6.51. The lowest BCUT2D eigenvalue weighted by atomic mass is 10.00. The summed E-state index contributed by atoms with van der Waals surface area (Å²) in [6.45, 7) is 5.06. The van der Waals surface area contributed by atoms with E-state index in [1.165, 1.54) is 18.2 Å². The molecule has 8 heteroatoms. The minimum absolute atomic E-state index is 0.150. The maximum absolute atomic E-state index is 12.7. The predicted molar refractivity (Wildman–Crippen MR) is 76.8 cm³/mol. The Morgan fingerprint density at radius 1 is 1.52 bits per heavy atom. The number of morpholine rings is 1. The van der Waals surface area contributed by atoms with Crippen LogP contribution in [0, 0.1) is 10.1 Å². The topological polar surface area (TPSA) is 111 Å². The van der Waals surface area contributed by atoms with Crippen molar-refractivity contribution in [3.63, 3.8) is 0 Å². The first kappa shape index (κ1) is 15.2. The monoisotopic (exact) mass is 294 g/mol. The number of nitrogen functional groups attached to an aromatic ring is 1. The molecule has 0 spiro atoms. The third kappa shape index (κ3) is 2.96. The number of anilines is 1. The second kappa shape index (κ2) is 5.66. The smallest absolute Gasteiger partial charge is 0.270 e. The lowest BCUT2D eigenvalue weighted by Gasteiger charge is -2.42. The molecule has 0 aromatic heterocycles. The molecule has 8 nitrogen and oxygen atoms in total. The van der Waals surface area contributed by atoms with Crippen LogP contribution < -0.4 is 11.3 Å². The number of nitro benzene ring substituents is 1. The summed E-state index contributed by atoms with van der Waals surface area (Å²) in [5.74, 6) is 5.09. The number of carbonyl (C=O) groups excluding carboxylic acids is 1. The molecule has 1 heterocycles. The van der Waals surface area contributed by atoms with E-state index >= 15 is 0 Å². The molecule has 21 heavy (non-hydrogen) atoms. The van der Waals surface area contributed by atoms with E-state index in [2.05, 4.69) is 5.43 Å². The van der Waals surface area contributed by atoms with Crippen LogP contribution in [-0.4, -0.2) is 41.0 Å². The zero-order chi connectivity index (χ0) is 15.6. The molecule has 2 rings (SSSR count). The number of ether oxygens (including phenoxy) is 1. The first-order valence-corrected chi connectivity index (χ1v) is 6.51. The quantitative estimate of drug-likeness (QED) is 0.491. The number of nitrogens with one attached hydrogen (secondary N) is 1. The molecule has 114 valence electrons. The minimum atomic E-state index is -0.540. The van der Waals surface area contributed by atoms with Gasteiger partial charge in [-0.25, -0.2) is 0 Å².